The average Bonchev–Trinajstić information content (AvgIpc) is 3.47. The lowest BCUT2D eigenvalue weighted by molar-refractivity contribution is -0.140. The molecular weight excluding hydrogens is 498 g/mol. The van der Waals surface area contributed by atoms with Crippen LogP contribution >= 0.6 is 0 Å². The number of amides is 3. The normalized spacial score (nSPS) is 14.4. The quantitative estimate of drug-likeness (QED) is 0.445. The lowest BCUT2D eigenvalue weighted by Gasteiger charge is -2.35. The minimum Gasteiger partial charge on any atom is -0.454 e. The Labute approximate surface area is 226 Å². The van der Waals surface area contributed by atoms with Crippen molar-refractivity contribution in [2.75, 3.05) is 23.6 Å². The molecule has 9 nitrogen and oxygen atoms in total. The summed E-state index contributed by atoms with van der Waals surface area (Å²) in [7, 11) is 0. The van der Waals surface area contributed by atoms with Gasteiger partial charge in [-0.2, -0.15) is 0 Å². The van der Waals surface area contributed by atoms with Crippen molar-refractivity contribution in [2.45, 2.75) is 33.4 Å². The highest BCUT2D eigenvalue weighted by atomic mass is 16.7. The van der Waals surface area contributed by atoms with E-state index in [1.54, 1.807) is 42.5 Å². The number of nitrogens with zero attached hydrogens (tertiary/aromatic N) is 2. The summed E-state index contributed by atoms with van der Waals surface area (Å²) in [6, 6.07) is 18.5. The second-order valence-corrected chi connectivity index (χ2v) is 9.93. The molecule has 0 saturated carbocycles. The van der Waals surface area contributed by atoms with Crippen molar-refractivity contribution >= 4 is 34.9 Å². The summed E-state index contributed by atoms with van der Waals surface area (Å²) in [5.41, 5.74) is 3.00. The van der Waals surface area contributed by atoms with Gasteiger partial charge in [-0.25, -0.2) is 0 Å². The summed E-state index contributed by atoms with van der Waals surface area (Å²) in [6.07, 6.45) is 0. The van der Waals surface area contributed by atoms with Crippen molar-refractivity contribution in [1.29, 1.82) is 0 Å². The van der Waals surface area contributed by atoms with E-state index in [0.29, 0.717) is 22.9 Å². The molecule has 9 heteroatoms. The van der Waals surface area contributed by atoms with Gasteiger partial charge in [0.2, 0.25) is 18.6 Å². The number of anilines is 2. The molecule has 3 aromatic carbocycles. The van der Waals surface area contributed by atoms with Crippen molar-refractivity contribution in [3.8, 4) is 11.5 Å². The Hall–Kier alpha value is -4.66. The first kappa shape index (κ1) is 26.0. The highest BCUT2D eigenvalue weighted by Gasteiger charge is 2.39. The highest BCUT2D eigenvalue weighted by molar-refractivity contribution is 6.52. The van der Waals surface area contributed by atoms with Crippen LogP contribution in [0.2, 0.25) is 0 Å². The zero-order valence-corrected chi connectivity index (χ0v) is 22.0. The monoisotopic (exact) mass is 527 g/mol. The van der Waals surface area contributed by atoms with Gasteiger partial charge < -0.3 is 19.7 Å². The van der Waals surface area contributed by atoms with E-state index < -0.39 is 23.6 Å². The number of nitrogens with one attached hydrogen (secondary N) is 1. The fraction of sp³-hybridized carbons (Fsp3) is 0.267. The molecule has 3 aromatic rings. The van der Waals surface area contributed by atoms with Crippen LogP contribution in [0.4, 0.5) is 11.4 Å². The second kappa shape index (κ2) is 10.6. The van der Waals surface area contributed by atoms with Crippen molar-refractivity contribution in [1.82, 2.24) is 4.90 Å². The standard InChI is InChI=1S/C30H29N3O6/c1-18(2)27(29(36)31-21-12-13-24-25(14-21)39-17-38-24)33(15-20-9-5-4-8-19(20)3)26(34)16-32-23-11-7-6-10-22(23)28(35)30(32)37/h4-14,18,27H,15-17H2,1-3H3,(H,31,36)/t27-/m0/s1. The predicted molar refractivity (Wildman–Crippen MR) is 145 cm³/mol. The van der Waals surface area contributed by atoms with Gasteiger partial charge in [0.05, 0.1) is 11.3 Å². The zero-order valence-electron chi connectivity index (χ0n) is 22.0. The molecule has 1 N–H and O–H groups in total. The smallest absolute Gasteiger partial charge is 0.299 e. The van der Waals surface area contributed by atoms with E-state index in [4.69, 9.17) is 9.47 Å². The van der Waals surface area contributed by atoms with Crippen molar-refractivity contribution < 1.29 is 28.7 Å². The molecule has 200 valence electrons. The maximum atomic E-state index is 13.9. The van der Waals surface area contributed by atoms with Gasteiger partial charge in [0.1, 0.15) is 12.6 Å². The molecule has 0 aromatic heterocycles. The van der Waals surface area contributed by atoms with Gasteiger partial charge in [-0.15, -0.1) is 0 Å². The minimum absolute atomic E-state index is 0.112. The van der Waals surface area contributed by atoms with Crippen LogP contribution in [-0.2, 0) is 20.9 Å². The molecular formula is C30H29N3O6. The van der Waals surface area contributed by atoms with Gasteiger partial charge >= 0.3 is 0 Å². The largest absolute Gasteiger partial charge is 0.454 e. The minimum atomic E-state index is -0.869. The van der Waals surface area contributed by atoms with Crippen molar-refractivity contribution in [3.63, 3.8) is 0 Å². The van der Waals surface area contributed by atoms with E-state index in [9.17, 15) is 19.2 Å². The lowest BCUT2D eigenvalue weighted by atomic mass is 9.99. The zero-order chi connectivity index (χ0) is 27.7. The summed E-state index contributed by atoms with van der Waals surface area (Å²) >= 11 is 0. The molecule has 3 amide bonds. The summed E-state index contributed by atoms with van der Waals surface area (Å²) in [5.74, 6) is -1.38. The molecule has 2 heterocycles. The van der Waals surface area contributed by atoms with Crippen LogP contribution in [0.3, 0.4) is 0 Å². The third kappa shape index (κ3) is 5.07. The Kier molecular flexibility index (Phi) is 7.06. The number of ketones is 1. The molecule has 0 spiro atoms. The molecule has 0 unspecified atom stereocenters. The lowest BCUT2D eigenvalue weighted by Crippen LogP contribution is -2.53. The first-order valence-corrected chi connectivity index (χ1v) is 12.7. The van der Waals surface area contributed by atoms with Gasteiger partial charge in [0.25, 0.3) is 11.7 Å². The van der Waals surface area contributed by atoms with E-state index in [1.165, 1.54) is 9.80 Å². The van der Waals surface area contributed by atoms with E-state index in [0.717, 1.165) is 11.1 Å². The average molecular weight is 528 g/mol. The van der Waals surface area contributed by atoms with E-state index >= 15 is 0 Å². The van der Waals surface area contributed by atoms with Gasteiger partial charge in [-0.1, -0.05) is 50.2 Å². The molecule has 2 aliphatic rings. The number of hydrogen-bond acceptors (Lipinski definition) is 6. The van der Waals surface area contributed by atoms with Crippen LogP contribution in [0.5, 0.6) is 11.5 Å². The van der Waals surface area contributed by atoms with Crippen LogP contribution < -0.4 is 19.7 Å². The molecule has 0 aliphatic carbocycles. The third-order valence-corrected chi connectivity index (χ3v) is 6.97. The Balaban J connectivity index is 1.46. The number of para-hydroxylation sites is 1. The molecule has 0 bridgehead atoms. The topological polar surface area (TPSA) is 105 Å². The number of ether oxygens (including phenoxy) is 2. The number of rotatable bonds is 8. The molecule has 0 saturated heterocycles. The van der Waals surface area contributed by atoms with E-state index in [-0.39, 0.29) is 37.3 Å². The van der Waals surface area contributed by atoms with E-state index in [1.807, 2.05) is 45.0 Å². The maximum Gasteiger partial charge on any atom is 0.299 e. The summed E-state index contributed by atoms with van der Waals surface area (Å²) in [4.78, 5) is 55.7. The maximum absolute atomic E-state index is 13.9. The molecule has 39 heavy (non-hydrogen) atoms. The van der Waals surface area contributed by atoms with E-state index in [2.05, 4.69) is 5.32 Å². The summed E-state index contributed by atoms with van der Waals surface area (Å²) in [6.45, 7) is 5.56. The number of carbonyl (C=O) groups is 4. The molecule has 2 aliphatic heterocycles. The molecule has 1 atom stereocenters. The second-order valence-electron chi connectivity index (χ2n) is 9.93. The number of aryl methyl sites for hydroxylation is 1. The van der Waals surface area contributed by atoms with Crippen LogP contribution in [0.25, 0.3) is 0 Å². The first-order valence-electron chi connectivity index (χ1n) is 12.7. The Morgan fingerprint density at radius 1 is 0.974 bits per heavy atom. The molecule has 0 radical (unpaired) electrons. The number of fused-ring (bicyclic) bond motifs is 2. The number of Topliss-reactive ketones (excluding diaryl/α,β-unsaturated/α-hetero) is 1. The number of carbonyl (C=O) groups excluding carboxylic acids is 4. The van der Waals surface area contributed by atoms with Crippen LogP contribution in [0.15, 0.2) is 66.7 Å². The summed E-state index contributed by atoms with van der Waals surface area (Å²) in [5, 5.41) is 2.91. The summed E-state index contributed by atoms with van der Waals surface area (Å²) < 4.78 is 10.8. The Bertz CT molecular complexity index is 1470. The number of benzene rings is 3. The van der Waals surface area contributed by atoms with Crippen molar-refractivity contribution in [2.24, 2.45) is 5.92 Å². The SMILES string of the molecule is Cc1ccccc1CN(C(=O)CN1C(=O)C(=O)c2ccccc21)[C@H](C(=O)Nc1ccc2c(c1)OCO2)C(C)C. The first-order chi connectivity index (χ1) is 18.7. The number of hydrogen-bond donors (Lipinski definition) is 1. The fourth-order valence-electron chi connectivity index (χ4n) is 4.94. The Morgan fingerprint density at radius 2 is 1.69 bits per heavy atom. The van der Waals surface area contributed by atoms with Gasteiger partial charge in [0.15, 0.2) is 11.5 Å². The third-order valence-electron chi connectivity index (χ3n) is 6.97. The highest BCUT2D eigenvalue weighted by Crippen LogP contribution is 2.34. The van der Waals surface area contributed by atoms with Gasteiger partial charge in [-0.3, -0.25) is 24.1 Å². The van der Waals surface area contributed by atoms with Crippen molar-refractivity contribution in [3.05, 3.63) is 83.4 Å². The van der Waals surface area contributed by atoms with Crippen LogP contribution in [0.1, 0.15) is 35.3 Å². The Morgan fingerprint density at radius 3 is 2.46 bits per heavy atom. The van der Waals surface area contributed by atoms with Crippen LogP contribution in [0, 0.1) is 12.8 Å². The molecule has 5 rings (SSSR count). The predicted octanol–water partition coefficient (Wildman–Crippen LogP) is 3.95. The fourth-order valence-corrected chi connectivity index (χ4v) is 4.94. The van der Waals surface area contributed by atoms with Gasteiger partial charge in [-0.05, 0) is 48.2 Å². The van der Waals surface area contributed by atoms with Gasteiger partial charge in [0, 0.05) is 18.3 Å². The molecule has 0 fully saturated rings. The van der Waals surface area contributed by atoms with Crippen LogP contribution in [-0.4, -0.2) is 47.8 Å².